The van der Waals surface area contributed by atoms with Crippen LogP contribution in [0.25, 0.3) is 0 Å². The van der Waals surface area contributed by atoms with Crippen molar-refractivity contribution < 1.29 is 13.6 Å². The number of ketones is 1. The molecule has 0 amide bonds. The van der Waals surface area contributed by atoms with Crippen molar-refractivity contribution in [3.8, 4) is 0 Å². The smallest absolute Gasteiger partial charge is 0.349 e. The lowest BCUT2D eigenvalue weighted by atomic mass is 9.92. The number of hydrogen-bond acceptors (Lipinski definition) is 3. The van der Waals surface area contributed by atoms with Crippen LogP contribution in [0.15, 0.2) is 0 Å². The molecule has 0 aromatic carbocycles. The normalized spacial score (nSPS) is 29.4. The highest BCUT2D eigenvalue weighted by molar-refractivity contribution is 6.73. The molecule has 1 aliphatic heterocycles. The quantitative estimate of drug-likeness (QED) is 0.663. The fourth-order valence-electron chi connectivity index (χ4n) is 3.79. The summed E-state index contributed by atoms with van der Waals surface area (Å²) >= 11 is 0. The van der Waals surface area contributed by atoms with E-state index < -0.39 is 8.56 Å². The Morgan fingerprint density at radius 2 is 1.41 bits per heavy atom. The average molecular weight is 329 g/mol. The van der Waals surface area contributed by atoms with Gasteiger partial charge in [-0.25, -0.2) is 0 Å². The van der Waals surface area contributed by atoms with Crippen LogP contribution in [0.2, 0.25) is 10.1 Å². The molecule has 4 heteroatoms. The van der Waals surface area contributed by atoms with Crippen LogP contribution < -0.4 is 0 Å². The van der Waals surface area contributed by atoms with Gasteiger partial charge in [0, 0.05) is 28.8 Å². The molecule has 0 aromatic rings. The van der Waals surface area contributed by atoms with Crippen LogP contribution in [0.5, 0.6) is 0 Å². The highest BCUT2D eigenvalue weighted by atomic mass is 28.4. The SMILES string of the molecule is CCC(=O)C[C@H]1O[Si](C(C)(C)C)(C(C)(C)C)O[C@H](CC)[C@H]1C. The maximum absolute atomic E-state index is 12.0. The minimum atomic E-state index is -2.51. The number of carbonyl (C=O) groups excluding carboxylic acids is 1. The van der Waals surface area contributed by atoms with Gasteiger partial charge in [-0.2, -0.15) is 0 Å². The van der Waals surface area contributed by atoms with Gasteiger partial charge in [-0.05, 0) is 6.42 Å². The first kappa shape index (κ1) is 19.9. The molecule has 0 radical (unpaired) electrons. The van der Waals surface area contributed by atoms with E-state index in [1.807, 2.05) is 6.92 Å². The predicted molar refractivity (Wildman–Crippen MR) is 94.3 cm³/mol. The molecular formula is C18H36O3Si. The van der Waals surface area contributed by atoms with Crippen molar-refractivity contribution in [2.45, 2.75) is 104 Å². The second kappa shape index (κ2) is 6.74. The van der Waals surface area contributed by atoms with E-state index in [9.17, 15) is 4.79 Å². The van der Waals surface area contributed by atoms with Gasteiger partial charge in [0.2, 0.25) is 0 Å². The summed E-state index contributed by atoms with van der Waals surface area (Å²) in [6.07, 6.45) is 2.27. The van der Waals surface area contributed by atoms with Gasteiger partial charge in [-0.1, -0.05) is 62.3 Å². The Morgan fingerprint density at radius 3 is 1.77 bits per heavy atom. The molecule has 0 aliphatic carbocycles. The molecule has 0 spiro atoms. The first-order chi connectivity index (χ1) is 9.89. The maximum Gasteiger partial charge on any atom is 0.349 e. The summed E-state index contributed by atoms with van der Waals surface area (Å²) in [5.74, 6) is 0.560. The van der Waals surface area contributed by atoms with Gasteiger partial charge in [-0.3, -0.25) is 4.79 Å². The van der Waals surface area contributed by atoms with Crippen molar-refractivity contribution in [2.24, 2.45) is 5.92 Å². The van der Waals surface area contributed by atoms with Crippen LogP contribution in [0.4, 0.5) is 0 Å². The molecular weight excluding hydrogens is 292 g/mol. The minimum absolute atomic E-state index is 0.00346. The summed E-state index contributed by atoms with van der Waals surface area (Å²) in [4.78, 5) is 12.0. The Balaban J connectivity index is 3.26. The van der Waals surface area contributed by atoms with E-state index in [4.69, 9.17) is 8.85 Å². The van der Waals surface area contributed by atoms with Crippen LogP contribution in [0, 0.1) is 5.92 Å². The van der Waals surface area contributed by atoms with Gasteiger partial charge in [0.1, 0.15) is 5.78 Å². The van der Waals surface area contributed by atoms with Gasteiger partial charge in [0.15, 0.2) is 0 Å². The molecule has 0 bridgehead atoms. The lowest BCUT2D eigenvalue weighted by Gasteiger charge is -2.57. The van der Waals surface area contributed by atoms with Gasteiger partial charge in [0.25, 0.3) is 0 Å². The van der Waals surface area contributed by atoms with Crippen LogP contribution in [0.1, 0.15) is 81.6 Å². The van der Waals surface area contributed by atoms with E-state index in [1.165, 1.54) is 0 Å². The summed E-state index contributed by atoms with van der Waals surface area (Å²) in [7, 11) is -2.51. The molecule has 1 fully saturated rings. The minimum Gasteiger partial charge on any atom is -0.390 e. The van der Waals surface area contributed by atoms with E-state index in [2.05, 4.69) is 55.4 Å². The summed E-state index contributed by atoms with van der Waals surface area (Å²) in [6, 6.07) is 0. The Bertz CT molecular complexity index is 378. The molecule has 0 N–H and O–H groups in total. The van der Waals surface area contributed by atoms with E-state index in [0.717, 1.165) is 6.42 Å². The lowest BCUT2D eigenvalue weighted by Crippen LogP contribution is -2.65. The molecule has 1 aliphatic rings. The molecule has 1 rings (SSSR count). The standard InChI is InChI=1S/C18H36O3Si/c1-10-14(19)12-16-13(3)15(11-2)20-22(21-16,17(4,5)6)18(7,8)9/h13,15-16H,10-12H2,1-9H3/t13-,15-,16-/m1/s1. The van der Waals surface area contributed by atoms with Crippen LogP contribution in [-0.4, -0.2) is 26.6 Å². The Morgan fingerprint density at radius 1 is 0.955 bits per heavy atom. The third kappa shape index (κ3) is 3.65. The monoisotopic (exact) mass is 328 g/mol. The molecule has 0 unspecified atom stereocenters. The summed E-state index contributed by atoms with van der Waals surface area (Å²) in [5, 5.41) is -0.0708. The Kier molecular flexibility index (Phi) is 6.08. The van der Waals surface area contributed by atoms with E-state index >= 15 is 0 Å². The zero-order valence-corrected chi connectivity index (χ0v) is 17.1. The third-order valence-corrected chi connectivity index (χ3v) is 10.2. The van der Waals surface area contributed by atoms with Crippen molar-refractivity contribution in [3.63, 3.8) is 0 Å². The zero-order valence-electron chi connectivity index (χ0n) is 16.1. The zero-order chi connectivity index (χ0) is 17.3. The van der Waals surface area contributed by atoms with Crippen molar-refractivity contribution >= 4 is 14.3 Å². The van der Waals surface area contributed by atoms with E-state index in [0.29, 0.717) is 18.6 Å². The maximum atomic E-state index is 12.0. The fourth-order valence-corrected chi connectivity index (χ4v) is 9.04. The molecule has 22 heavy (non-hydrogen) atoms. The van der Waals surface area contributed by atoms with Crippen molar-refractivity contribution in [2.75, 3.05) is 0 Å². The molecule has 130 valence electrons. The Labute approximate surface area is 138 Å². The van der Waals surface area contributed by atoms with Crippen molar-refractivity contribution in [3.05, 3.63) is 0 Å². The van der Waals surface area contributed by atoms with Crippen LogP contribution in [-0.2, 0) is 13.6 Å². The number of Topliss-reactive ketones (excluding diaryl/α,β-unsaturated/α-hetero) is 1. The van der Waals surface area contributed by atoms with E-state index in [1.54, 1.807) is 0 Å². The second-order valence-corrected chi connectivity index (χ2v) is 13.5. The fraction of sp³-hybridized carbons (Fsp3) is 0.944. The number of hydrogen-bond donors (Lipinski definition) is 0. The first-order valence-electron chi connectivity index (χ1n) is 8.77. The molecule has 1 heterocycles. The number of carbonyl (C=O) groups is 1. The van der Waals surface area contributed by atoms with Gasteiger partial charge >= 0.3 is 8.56 Å². The van der Waals surface area contributed by atoms with Crippen molar-refractivity contribution in [1.29, 1.82) is 0 Å². The van der Waals surface area contributed by atoms with Gasteiger partial charge in [-0.15, -0.1) is 0 Å². The molecule has 0 aromatic heterocycles. The van der Waals surface area contributed by atoms with Crippen LogP contribution >= 0.6 is 0 Å². The van der Waals surface area contributed by atoms with Crippen LogP contribution in [0.3, 0.4) is 0 Å². The highest BCUT2D eigenvalue weighted by Gasteiger charge is 2.63. The van der Waals surface area contributed by atoms with Gasteiger partial charge in [0.05, 0.1) is 12.2 Å². The molecule has 3 nitrogen and oxygen atoms in total. The summed E-state index contributed by atoms with van der Waals surface area (Å²) in [6.45, 7) is 19.6. The highest BCUT2D eigenvalue weighted by Crippen LogP contribution is 2.56. The van der Waals surface area contributed by atoms with Crippen molar-refractivity contribution in [1.82, 2.24) is 0 Å². The summed E-state index contributed by atoms with van der Waals surface area (Å²) in [5.41, 5.74) is 0. The average Bonchev–Trinajstić information content (AvgIpc) is 2.38. The van der Waals surface area contributed by atoms with E-state index in [-0.39, 0.29) is 28.2 Å². The topological polar surface area (TPSA) is 35.5 Å². The molecule has 0 saturated carbocycles. The third-order valence-electron chi connectivity index (χ3n) is 5.01. The molecule has 3 atom stereocenters. The molecule has 1 saturated heterocycles. The largest absolute Gasteiger partial charge is 0.390 e. The Hall–Kier alpha value is -0.193. The summed E-state index contributed by atoms with van der Waals surface area (Å²) < 4.78 is 13.4. The van der Waals surface area contributed by atoms with Gasteiger partial charge < -0.3 is 8.85 Å². The number of rotatable bonds is 4. The first-order valence-corrected chi connectivity index (χ1v) is 10.6. The lowest BCUT2D eigenvalue weighted by molar-refractivity contribution is -0.125. The predicted octanol–water partition coefficient (Wildman–Crippen LogP) is 5.23. The second-order valence-electron chi connectivity index (χ2n) is 8.79.